The number of aliphatic carboxylic acids is 1. The van der Waals surface area contributed by atoms with Gasteiger partial charge in [-0.3, -0.25) is 18.7 Å². The minimum atomic E-state index is -1.12. The number of nitrogens with zero attached hydrogens (tertiary/aromatic N) is 3. The summed E-state index contributed by atoms with van der Waals surface area (Å²) >= 11 is 0. The van der Waals surface area contributed by atoms with Crippen molar-refractivity contribution in [2.24, 2.45) is 14.1 Å². The fourth-order valence-electron chi connectivity index (χ4n) is 2.75. The zero-order valence-corrected chi connectivity index (χ0v) is 15.2. The van der Waals surface area contributed by atoms with E-state index in [2.05, 4.69) is 10.3 Å². The molecule has 9 heteroatoms. The van der Waals surface area contributed by atoms with Crippen molar-refractivity contribution < 1.29 is 14.7 Å². The quantitative estimate of drug-likeness (QED) is 0.762. The molecule has 0 spiro atoms. The number of nitrogens with one attached hydrogen (secondary N) is 1. The first-order chi connectivity index (χ1) is 12.2. The van der Waals surface area contributed by atoms with Crippen LogP contribution in [0.1, 0.15) is 42.2 Å². The summed E-state index contributed by atoms with van der Waals surface area (Å²) in [5.41, 5.74) is -0.522. The Bertz CT molecular complexity index is 989. The van der Waals surface area contributed by atoms with Gasteiger partial charge < -0.3 is 10.4 Å². The minimum absolute atomic E-state index is 0.0407. The number of carbonyl (C=O) groups excluding carboxylic acids is 1. The Morgan fingerprint density at radius 3 is 2.50 bits per heavy atom. The second kappa shape index (κ2) is 7.51. The predicted octanol–water partition coefficient (Wildman–Crippen LogP) is 0.314. The van der Waals surface area contributed by atoms with Gasteiger partial charge >= 0.3 is 11.7 Å². The molecular formula is C17H22N4O5. The summed E-state index contributed by atoms with van der Waals surface area (Å²) in [7, 11) is 2.83. The number of unbranched alkanes of at least 4 members (excludes halogenated alkanes) is 1. The topological polar surface area (TPSA) is 123 Å². The second-order valence-corrected chi connectivity index (χ2v) is 6.24. The number of aryl methyl sites for hydroxylation is 2. The Morgan fingerprint density at radius 1 is 1.27 bits per heavy atom. The number of carboxylic acids is 1. The van der Waals surface area contributed by atoms with Crippen LogP contribution in [0, 0.1) is 6.92 Å². The highest BCUT2D eigenvalue weighted by Gasteiger charge is 2.22. The van der Waals surface area contributed by atoms with Gasteiger partial charge in [0.15, 0.2) is 0 Å². The number of fused-ring (bicyclic) bond motifs is 1. The molecule has 0 aliphatic rings. The van der Waals surface area contributed by atoms with Gasteiger partial charge in [-0.1, -0.05) is 19.8 Å². The van der Waals surface area contributed by atoms with Gasteiger partial charge in [-0.25, -0.2) is 14.6 Å². The van der Waals surface area contributed by atoms with Gasteiger partial charge in [0.1, 0.15) is 17.4 Å². The van der Waals surface area contributed by atoms with Crippen LogP contribution < -0.4 is 16.6 Å². The normalized spacial score (nSPS) is 12.2. The van der Waals surface area contributed by atoms with E-state index in [1.54, 1.807) is 6.92 Å². The molecule has 0 fully saturated rings. The third kappa shape index (κ3) is 3.51. The molecule has 0 aromatic carbocycles. The van der Waals surface area contributed by atoms with Crippen LogP contribution in [-0.2, 0) is 18.9 Å². The Kier molecular flexibility index (Phi) is 5.59. The summed E-state index contributed by atoms with van der Waals surface area (Å²) in [6.07, 6.45) is 1.77. The highest BCUT2D eigenvalue weighted by Crippen LogP contribution is 2.13. The van der Waals surface area contributed by atoms with Crippen LogP contribution in [0.5, 0.6) is 0 Å². The van der Waals surface area contributed by atoms with E-state index in [0.717, 1.165) is 11.0 Å². The van der Waals surface area contributed by atoms with E-state index in [1.807, 2.05) is 6.92 Å². The Labute approximate surface area is 149 Å². The molecule has 0 saturated heterocycles. The van der Waals surface area contributed by atoms with Gasteiger partial charge in [-0.15, -0.1) is 0 Å². The van der Waals surface area contributed by atoms with Gasteiger partial charge in [0.25, 0.3) is 11.5 Å². The number of aromatic nitrogens is 3. The van der Waals surface area contributed by atoms with E-state index < -0.39 is 29.2 Å². The maximum absolute atomic E-state index is 12.5. The SMILES string of the molecule is CCCCC(NC(=O)c1cc(C)c2c(=O)n(C)c(=O)n(C)c2n1)C(=O)O. The van der Waals surface area contributed by atoms with Crippen molar-refractivity contribution in [1.29, 1.82) is 0 Å². The number of amides is 1. The molecule has 0 aliphatic carbocycles. The van der Waals surface area contributed by atoms with E-state index in [4.69, 9.17) is 0 Å². The highest BCUT2D eigenvalue weighted by atomic mass is 16.4. The molecule has 2 aromatic rings. The molecule has 2 aromatic heterocycles. The maximum Gasteiger partial charge on any atom is 0.332 e. The van der Waals surface area contributed by atoms with Gasteiger partial charge in [0, 0.05) is 14.1 Å². The first-order valence-electron chi connectivity index (χ1n) is 8.30. The summed E-state index contributed by atoms with van der Waals surface area (Å²) in [6.45, 7) is 3.56. The van der Waals surface area contributed by atoms with Crippen molar-refractivity contribution in [1.82, 2.24) is 19.4 Å². The molecule has 2 heterocycles. The van der Waals surface area contributed by atoms with Crippen LogP contribution in [0.4, 0.5) is 0 Å². The van der Waals surface area contributed by atoms with Crippen LogP contribution in [0.15, 0.2) is 15.7 Å². The summed E-state index contributed by atoms with van der Waals surface area (Å²) in [6, 6.07) is 0.398. The molecule has 1 amide bonds. The van der Waals surface area contributed by atoms with E-state index >= 15 is 0 Å². The van der Waals surface area contributed by atoms with Gasteiger partial charge in [0.2, 0.25) is 0 Å². The molecule has 1 atom stereocenters. The van der Waals surface area contributed by atoms with Gasteiger partial charge in [0.05, 0.1) is 5.39 Å². The molecule has 2 N–H and O–H groups in total. The molecule has 1 unspecified atom stereocenters. The molecule has 0 bridgehead atoms. The lowest BCUT2D eigenvalue weighted by molar-refractivity contribution is -0.139. The zero-order valence-electron chi connectivity index (χ0n) is 15.2. The lowest BCUT2D eigenvalue weighted by Crippen LogP contribution is -2.41. The monoisotopic (exact) mass is 362 g/mol. The van der Waals surface area contributed by atoms with Crippen molar-refractivity contribution in [3.63, 3.8) is 0 Å². The van der Waals surface area contributed by atoms with E-state index in [1.165, 1.54) is 24.7 Å². The van der Waals surface area contributed by atoms with Crippen LogP contribution >= 0.6 is 0 Å². The van der Waals surface area contributed by atoms with E-state index in [9.17, 15) is 24.3 Å². The smallest absolute Gasteiger partial charge is 0.332 e. The minimum Gasteiger partial charge on any atom is -0.480 e. The number of hydrogen-bond donors (Lipinski definition) is 2. The van der Waals surface area contributed by atoms with Crippen molar-refractivity contribution >= 4 is 22.9 Å². The van der Waals surface area contributed by atoms with Crippen LogP contribution in [0.3, 0.4) is 0 Å². The summed E-state index contributed by atoms with van der Waals surface area (Å²) in [5.74, 6) is -1.78. The molecule has 2 rings (SSSR count). The molecule has 140 valence electrons. The number of pyridine rings is 1. The van der Waals surface area contributed by atoms with E-state index in [-0.39, 0.29) is 16.7 Å². The molecular weight excluding hydrogens is 340 g/mol. The fourth-order valence-corrected chi connectivity index (χ4v) is 2.75. The Balaban J connectivity index is 2.51. The van der Waals surface area contributed by atoms with Crippen molar-refractivity contribution in [3.05, 3.63) is 38.2 Å². The fraction of sp³-hybridized carbons (Fsp3) is 0.471. The Hall–Kier alpha value is -2.97. The third-order valence-electron chi connectivity index (χ3n) is 4.29. The molecule has 0 saturated carbocycles. The third-order valence-corrected chi connectivity index (χ3v) is 4.29. The van der Waals surface area contributed by atoms with Gasteiger partial charge in [-0.2, -0.15) is 0 Å². The molecule has 0 aliphatic heterocycles. The average molecular weight is 362 g/mol. The van der Waals surface area contributed by atoms with Crippen molar-refractivity contribution in [2.75, 3.05) is 0 Å². The van der Waals surface area contributed by atoms with Gasteiger partial charge in [-0.05, 0) is 25.0 Å². The summed E-state index contributed by atoms with van der Waals surface area (Å²) in [5, 5.41) is 11.9. The molecule has 26 heavy (non-hydrogen) atoms. The standard InChI is InChI=1S/C17H22N4O5/c1-5-6-7-10(16(24)25)19-14(22)11-8-9(2)12-13(18-11)20(3)17(26)21(4)15(12)23/h8,10H,5-7H2,1-4H3,(H,19,22)(H,24,25). The summed E-state index contributed by atoms with van der Waals surface area (Å²) < 4.78 is 2.16. The van der Waals surface area contributed by atoms with E-state index in [0.29, 0.717) is 18.4 Å². The number of carbonyl (C=O) groups is 2. The lowest BCUT2D eigenvalue weighted by Gasteiger charge is -2.15. The highest BCUT2D eigenvalue weighted by molar-refractivity contribution is 5.97. The maximum atomic E-state index is 12.5. The van der Waals surface area contributed by atoms with Crippen molar-refractivity contribution in [2.45, 2.75) is 39.2 Å². The number of rotatable bonds is 6. The largest absolute Gasteiger partial charge is 0.480 e. The molecule has 9 nitrogen and oxygen atoms in total. The van der Waals surface area contributed by atoms with Crippen LogP contribution in [-0.4, -0.2) is 37.1 Å². The first kappa shape index (κ1) is 19.4. The number of carboxylic acid groups (broad SMARTS) is 1. The van der Waals surface area contributed by atoms with Crippen molar-refractivity contribution in [3.8, 4) is 0 Å². The summed E-state index contributed by atoms with van der Waals surface area (Å²) in [4.78, 5) is 52.3. The average Bonchev–Trinajstić information content (AvgIpc) is 2.60. The second-order valence-electron chi connectivity index (χ2n) is 6.24. The predicted molar refractivity (Wildman–Crippen MR) is 95.4 cm³/mol. The molecule has 0 radical (unpaired) electrons. The van der Waals surface area contributed by atoms with Crippen LogP contribution in [0.25, 0.3) is 11.0 Å². The first-order valence-corrected chi connectivity index (χ1v) is 8.30. The zero-order chi connectivity index (χ0) is 19.6. The number of hydrogen-bond acceptors (Lipinski definition) is 5. The lowest BCUT2D eigenvalue weighted by atomic mass is 10.1. The van der Waals surface area contributed by atoms with Crippen LogP contribution in [0.2, 0.25) is 0 Å². The Morgan fingerprint density at radius 2 is 1.92 bits per heavy atom.